The zero-order valence-corrected chi connectivity index (χ0v) is 17.6. The first-order chi connectivity index (χ1) is 14.1. The summed E-state index contributed by atoms with van der Waals surface area (Å²) in [4.78, 5) is 6.59. The van der Waals surface area contributed by atoms with Crippen LogP contribution in [0.5, 0.6) is 0 Å². The maximum Gasteiger partial charge on any atom is 0.170 e. The van der Waals surface area contributed by atoms with E-state index in [1.807, 2.05) is 55.5 Å². The third-order valence-electron chi connectivity index (χ3n) is 5.14. The van der Waals surface area contributed by atoms with Crippen molar-refractivity contribution in [1.82, 2.24) is 15.2 Å². The largest absolute Gasteiger partial charge is 0.459 e. The lowest BCUT2D eigenvalue weighted by molar-refractivity contribution is 0.233. The molecule has 150 valence electrons. The van der Waals surface area contributed by atoms with Crippen molar-refractivity contribution in [2.45, 2.75) is 25.4 Å². The summed E-state index contributed by atoms with van der Waals surface area (Å²) < 4.78 is 6.31. The van der Waals surface area contributed by atoms with Crippen molar-refractivity contribution in [2.24, 2.45) is 0 Å². The monoisotopic (exact) mass is 427 g/mol. The van der Waals surface area contributed by atoms with Gasteiger partial charge in [-0.25, -0.2) is 0 Å². The summed E-state index contributed by atoms with van der Waals surface area (Å²) >= 11 is 11.8. The van der Waals surface area contributed by atoms with Gasteiger partial charge in [0.15, 0.2) is 5.11 Å². The maximum absolute atomic E-state index is 9.32. The minimum atomic E-state index is -0.155. The minimum absolute atomic E-state index is 0.102. The van der Waals surface area contributed by atoms with Crippen molar-refractivity contribution in [3.05, 3.63) is 76.8 Å². The van der Waals surface area contributed by atoms with E-state index in [1.165, 1.54) is 0 Å². The molecule has 0 amide bonds. The third-order valence-corrected chi connectivity index (χ3v) is 5.73. The molecule has 2 atom stereocenters. The number of thiocarbonyl (C=S) groups is 1. The highest BCUT2D eigenvalue weighted by atomic mass is 35.5. The number of hydrogen-bond acceptors (Lipinski definition) is 4. The number of aliphatic hydroxyl groups is 1. The van der Waals surface area contributed by atoms with Crippen molar-refractivity contribution in [2.75, 3.05) is 13.2 Å². The van der Waals surface area contributed by atoms with Crippen LogP contribution in [0.4, 0.5) is 0 Å². The highest BCUT2D eigenvalue weighted by Crippen LogP contribution is 2.41. The van der Waals surface area contributed by atoms with Crippen molar-refractivity contribution in [1.29, 1.82) is 0 Å². The molecule has 29 heavy (non-hydrogen) atoms. The van der Waals surface area contributed by atoms with Crippen LogP contribution in [0.1, 0.15) is 35.5 Å². The predicted molar refractivity (Wildman–Crippen MR) is 118 cm³/mol. The zero-order chi connectivity index (χ0) is 20.4. The van der Waals surface area contributed by atoms with E-state index in [4.69, 9.17) is 28.2 Å². The van der Waals surface area contributed by atoms with Crippen LogP contribution in [-0.2, 0) is 0 Å². The lowest BCUT2D eigenvalue weighted by atomic mass is 10.0. The molecular formula is C22H22ClN3O2S. The second-order valence-corrected chi connectivity index (χ2v) is 7.88. The molecule has 2 N–H and O–H groups in total. The van der Waals surface area contributed by atoms with Gasteiger partial charge in [-0.15, -0.1) is 0 Å². The summed E-state index contributed by atoms with van der Waals surface area (Å²) in [5.74, 6) is 1.56. The van der Waals surface area contributed by atoms with Crippen LogP contribution in [-0.4, -0.2) is 33.3 Å². The molecule has 3 heterocycles. The Balaban J connectivity index is 1.73. The second-order valence-electron chi connectivity index (χ2n) is 7.06. The summed E-state index contributed by atoms with van der Waals surface area (Å²) in [6.07, 6.45) is 2.39. The molecule has 7 heteroatoms. The quantitative estimate of drug-likeness (QED) is 0.558. The number of aryl methyl sites for hydroxylation is 1. The molecule has 0 saturated carbocycles. The Labute approximate surface area is 180 Å². The van der Waals surface area contributed by atoms with Crippen molar-refractivity contribution < 1.29 is 9.52 Å². The second kappa shape index (κ2) is 8.53. The third kappa shape index (κ3) is 4.01. The van der Waals surface area contributed by atoms with E-state index >= 15 is 0 Å². The number of nitrogens with zero attached hydrogens (tertiary/aromatic N) is 2. The van der Waals surface area contributed by atoms with Crippen LogP contribution >= 0.6 is 23.8 Å². The molecule has 0 bridgehead atoms. The number of aromatic nitrogens is 1. The van der Waals surface area contributed by atoms with E-state index in [-0.39, 0.29) is 18.7 Å². The van der Waals surface area contributed by atoms with Crippen LogP contribution in [0.25, 0.3) is 11.3 Å². The minimum Gasteiger partial charge on any atom is -0.459 e. The number of nitrogens with one attached hydrogen (secondary N) is 1. The first-order valence-electron chi connectivity index (χ1n) is 9.53. The Morgan fingerprint density at radius 3 is 2.86 bits per heavy atom. The van der Waals surface area contributed by atoms with Crippen molar-refractivity contribution in [3.63, 3.8) is 0 Å². The lowest BCUT2D eigenvalue weighted by Gasteiger charge is -2.25. The molecule has 3 aromatic rings. The normalized spacial score (nSPS) is 18.9. The van der Waals surface area contributed by atoms with Gasteiger partial charge in [0.05, 0.1) is 11.7 Å². The highest BCUT2D eigenvalue weighted by molar-refractivity contribution is 7.80. The molecule has 0 aliphatic carbocycles. The molecule has 5 nitrogen and oxygen atoms in total. The van der Waals surface area contributed by atoms with E-state index in [1.54, 1.807) is 6.20 Å². The number of benzene rings is 1. The summed E-state index contributed by atoms with van der Waals surface area (Å²) in [5, 5.41) is 14.0. The van der Waals surface area contributed by atoms with Gasteiger partial charge < -0.3 is 19.7 Å². The summed E-state index contributed by atoms with van der Waals surface area (Å²) in [6, 6.07) is 15.3. The number of aliphatic hydroxyl groups excluding tert-OH is 1. The fraction of sp³-hybridized carbons (Fsp3) is 0.273. The Bertz CT molecular complexity index is 1010. The van der Waals surface area contributed by atoms with Crippen LogP contribution in [0.15, 0.2) is 59.1 Å². The van der Waals surface area contributed by atoms with Crippen LogP contribution < -0.4 is 5.32 Å². The molecule has 1 saturated heterocycles. The number of rotatable bonds is 6. The molecule has 1 aliphatic rings. The Morgan fingerprint density at radius 1 is 1.24 bits per heavy atom. The number of halogens is 1. The number of furan rings is 1. The van der Waals surface area contributed by atoms with E-state index in [9.17, 15) is 5.11 Å². The highest BCUT2D eigenvalue weighted by Gasteiger charge is 2.41. The zero-order valence-electron chi connectivity index (χ0n) is 16.0. The molecule has 1 aromatic carbocycles. The Morgan fingerprint density at radius 2 is 2.10 bits per heavy atom. The topological polar surface area (TPSA) is 61.5 Å². The van der Waals surface area contributed by atoms with Gasteiger partial charge in [-0.2, -0.15) is 0 Å². The molecule has 1 aliphatic heterocycles. The van der Waals surface area contributed by atoms with E-state index < -0.39 is 0 Å². The van der Waals surface area contributed by atoms with Gasteiger partial charge in [-0.3, -0.25) is 4.98 Å². The average Bonchev–Trinajstić information content (AvgIpc) is 3.33. The molecule has 4 rings (SSSR count). The maximum atomic E-state index is 9.32. The lowest BCUT2D eigenvalue weighted by Crippen LogP contribution is -2.30. The van der Waals surface area contributed by atoms with E-state index in [0.717, 1.165) is 28.3 Å². The SMILES string of the molecule is Cc1ccc(Cl)cc1-c1ccc([C@H]2[C@H](c3ccccn3)NC(=S)N2CCCO)o1. The van der Waals surface area contributed by atoms with Crippen LogP contribution in [0.3, 0.4) is 0 Å². The summed E-state index contributed by atoms with van der Waals surface area (Å²) in [6.45, 7) is 2.76. The summed E-state index contributed by atoms with van der Waals surface area (Å²) in [7, 11) is 0. The first-order valence-corrected chi connectivity index (χ1v) is 10.3. The van der Waals surface area contributed by atoms with Gasteiger partial charge >= 0.3 is 0 Å². The fourth-order valence-electron chi connectivity index (χ4n) is 3.71. The number of hydrogen-bond donors (Lipinski definition) is 2. The Kier molecular flexibility index (Phi) is 5.85. The standard InChI is InChI=1S/C22H22ClN3O2S/c1-14-6-7-15(23)13-16(14)18-8-9-19(28-18)21-20(17-5-2-3-10-24-17)25-22(29)26(21)11-4-12-27/h2-3,5-10,13,20-21,27H,4,11-12H2,1H3,(H,25,29)/t20-,21-/m0/s1. The van der Waals surface area contributed by atoms with Crippen molar-refractivity contribution in [3.8, 4) is 11.3 Å². The van der Waals surface area contributed by atoms with Gasteiger partial charge in [0.25, 0.3) is 0 Å². The Hall–Kier alpha value is -2.41. The van der Waals surface area contributed by atoms with E-state index in [0.29, 0.717) is 23.1 Å². The molecule has 2 aromatic heterocycles. The molecular weight excluding hydrogens is 406 g/mol. The average molecular weight is 428 g/mol. The van der Waals surface area contributed by atoms with Crippen molar-refractivity contribution >= 4 is 28.9 Å². The molecule has 0 unspecified atom stereocenters. The predicted octanol–water partition coefficient (Wildman–Crippen LogP) is 4.66. The molecule has 0 radical (unpaired) electrons. The van der Waals surface area contributed by atoms with Gasteiger partial charge in [0, 0.05) is 29.9 Å². The smallest absolute Gasteiger partial charge is 0.170 e. The molecule has 0 spiro atoms. The van der Waals surface area contributed by atoms with Crippen LogP contribution in [0.2, 0.25) is 5.02 Å². The van der Waals surface area contributed by atoms with Crippen LogP contribution in [0, 0.1) is 6.92 Å². The van der Waals surface area contributed by atoms with Gasteiger partial charge in [-0.05, 0) is 67.5 Å². The fourth-order valence-corrected chi connectivity index (χ4v) is 4.22. The van der Waals surface area contributed by atoms with Gasteiger partial charge in [0.2, 0.25) is 0 Å². The van der Waals surface area contributed by atoms with E-state index in [2.05, 4.69) is 15.2 Å². The first kappa shape index (κ1) is 19.9. The number of pyridine rings is 1. The summed E-state index contributed by atoms with van der Waals surface area (Å²) in [5.41, 5.74) is 2.95. The van der Waals surface area contributed by atoms with Gasteiger partial charge in [-0.1, -0.05) is 23.7 Å². The molecule has 1 fully saturated rings. The van der Waals surface area contributed by atoms with Gasteiger partial charge in [0.1, 0.15) is 17.6 Å².